The van der Waals surface area contributed by atoms with Crippen LogP contribution in [0.5, 0.6) is 11.5 Å². The van der Waals surface area contributed by atoms with Gasteiger partial charge in [-0.15, -0.1) is 0 Å². The van der Waals surface area contributed by atoms with Crippen molar-refractivity contribution < 1.29 is 28.2 Å². The van der Waals surface area contributed by atoms with Crippen LogP contribution in [-0.2, 0) is 22.6 Å². The van der Waals surface area contributed by atoms with E-state index < -0.39 is 12.2 Å². The second-order valence-electron chi connectivity index (χ2n) is 8.85. The van der Waals surface area contributed by atoms with Crippen LogP contribution in [0.2, 0.25) is 0 Å². The van der Waals surface area contributed by atoms with E-state index in [1.807, 2.05) is 49.4 Å². The summed E-state index contributed by atoms with van der Waals surface area (Å²) in [5.74, 6) is 2.36. The number of hydrogen-bond donors (Lipinski definition) is 1. The Morgan fingerprint density at radius 1 is 0.972 bits per heavy atom. The first kappa shape index (κ1) is 25.3. The lowest BCUT2D eigenvalue weighted by atomic mass is 10.0. The molecule has 1 unspecified atom stereocenters. The highest BCUT2D eigenvalue weighted by atomic mass is 16.6. The lowest BCUT2D eigenvalue weighted by Crippen LogP contribution is -2.24. The first-order valence-corrected chi connectivity index (χ1v) is 12.4. The predicted molar refractivity (Wildman–Crippen MR) is 134 cm³/mol. The van der Waals surface area contributed by atoms with Gasteiger partial charge in [-0.1, -0.05) is 43.5 Å². The standard InChI is InChI=1S/C28H32N2O6/c1-19-22(29-27(35-19)21-12-8-6-9-13-21)18-34-23-16-15-20(17-25(23)33-2)11-7-4-3-5-10-14-24-26(31)30-28(32)36-24/h6,8-9,12-13,15-17,24H,3-5,7,10-11,14,18H2,1-2H3,(H,30,31,32). The van der Waals surface area contributed by atoms with Crippen molar-refractivity contribution in [1.29, 1.82) is 0 Å². The highest BCUT2D eigenvalue weighted by molar-refractivity contribution is 5.99. The summed E-state index contributed by atoms with van der Waals surface area (Å²) in [6, 6.07) is 15.8. The van der Waals surface area contributed by atoms with E-state index in [1.165, 1.54) is 5.56 Å². The molecule has 0 aliphatic carbocycles. The minimum atomic E-state index is -0.637. The quantitative estimate of drug-likeness (QED) is 0.303. The Balaban J connectivity index is 1.20. The van der Waals surface area contributed by atoms with Crippen molar-refractivity contribution in [3.05, 3.63) is 65.5 Å². The molecule has 0 radical (unpaired) electrons. The molecule has 8 nitrogen and oxygen atoms in total. The van der Waals surface area contributed by atoms with Gasteiger partial charge in [0.1, 0.15) is 18.1 Å². The summed E-state index contributed by atoms with van der Waals surface area (Å²) in [6.45, 7) is 2.18. The number of cyclic esters (lactones) is 1. The Hall–Kier alpha value is -3.81. The zero-order valence-electron chi connectivity index (χ0n) is 20.7. The summed E-state index contributed by atoms with van der Waals surface area (Å²) in [5, 5.41) is 2.16. The number of rotatable bonds is 13. The van der Waals surface area contributed by atoms with Crippen molar-refractivity contribution in [3.63, 3.8) is 0 Å². The molecule has 2 amide bonds. The van der Waals surface area contributed by atoms with Crippen LogP contribution in [0, 0.1) is 6.92 Å². The zero-order valence-corrected chi connectivity index (χ0v) is 20.7. The number of amides is 2. The lowest BCUT2D eigenvalue weighted by molar-refractivity contribution is -0.123. The first-order chi connectivity index (χ1) is 17.5. The van der Waals surface area contributed by atoms with Crippen LogP contribution in [0.3, 0.4) is 0 Å². The number of unbranched alkanes of at least 4 members (excludes halogenated alkanes) is 4. The van der Waals surface area contributed by atoms with Crippen LogP contribution < -0.4 is 14.8 Å². The normalized spacial score (nSPS) is 15.0. The van der Waals surface area contributed by atoms with Gasteiger partial charge in [-0.3, -0.25) is 10.1 Å². The molecule has 2 heterocycles. The van der Waals surface area contributed by atoms with Crippen LogP contribution in [0.4, 0.5) is 4.79 Å². The molecule has 0 saturated carbocycles. The van der Waals surface area contributed by atoms with Gasteiger partial charge < -0.3 is 18.6 Å². The number of nitrogens with zero attached hydrogens (tertiary/aromatic N) is 1. The highest BCUT2D eigenvalue weighted by Crippen LogP contribution is 2.30. The van der Waals surface area contributed by atoms with E-state index in [0.717, 1.165) is 55.5 Å². The molecule has 1 atom stereocenters. The van der Waals surface area contributed by atoms with Gasteiger partial charge in [0.15, 0.2) is 17.6 Å². The number of benzene rings is 2. The van der Waals surface area contributed by atoms with Crippen LogP contribution in [0.25, 0.3) is 11.5 Å². The average Bonchev–Trinajstić information content (AvgIpc) is 3.42. The molecule has 0 spiro atoms. The molecular weight excluding hydrogens is 460 g/mol. The molecule has 1 aromatic heterocycles. The number of carbonyl (C=O) groups is 2. The largest absolute Gasteiger partial charge is 0.493 e. The summed E-state index contributed by atoms with van der Waals surface area (Å²) >= 11 is 0. The van der Waals surface area contributed by atoms with E-state index in [4.69, 9.17) is 18.6 Å². The van der Waals surface area contributed by atoms with Gasteiger partial charge >= 0.3 is 6.09 Å². The Kier molecular flexibility index (Phi) is 8.60. The van der Waals surface area contributed by atoms with Crippen LogP contribution in [0.1, 0.15) is 55.5 Å². The molecule has 0 bridgehead atoms. The first-order valence-electron chi connectivity index (χ1n) is 12.4. The van der Waals surface area contributed by atoms with Crippen LogP contribution >= 0.6 is 0 Å². The maximum atomic E-state index is 11.5. The second-order valence-corrected chi connectivity index (χ2v) is 8.85. The zero-order chi connectivity index (χ0) is 25.3. The second kappa shape index (κ2) is 12.2. The number of alkyl carbamates (subject to hydrolysis) is 1. The van der Waals surface area contributed by atoms with Gasteiger partial charge in [0, 0.05) is 5.56 Å². The molecule has 1 aliphatic rings. The Morgan fingerprint density at radius 2 is 1.75 bits per heavy atom. The number of oxazole rings is 1. The fourth-order valence-corrected chi connectivity index (χ4v) is 4.17. The minimum Gasteiger partial charge on any atom is -0.493 e. The van der Waals surface area contributed by atoms with Crippen molar-refractivity contribution >= 4 is 12.0 Å². The minimum absolute atomic E-state index is 0.291. The summed E-state index contributed by atoms with van der Waals surface area (Å²) in [5.41, 5.74) is 2.88. The maximum absolute atomic E-state index is 11.5. The van der Waals surface area contributed by atoms with E-state index in [0.29, 0.717) is 30.4 Å². The smallest absolute Gasteiger partial charge is 0.414 e. The van der Waals surface area contributed by atoms with Crippen molar-refractivity contribution in [2.45, 2.75) is 64.6 Å². The van der Waals surface area contributed by atoms with Gasteiger partial charge in [0.05, 0.1) is 7.11 Å². The number of aromatic nitrogens is 1. The number of carbonyl (C=O) groups excluding carboxylic acids is 2. The van der Waals surface area contributed by atoms with E-state index in [1.54, 1.807) is 7.11 Å². The van der Waals surface area contributed by atoms with E-state index in [9.17, 15) is 9.59 Å². The molecule has 8 heteroatoms. The lowest BCUT2D eigenvalue weighted by Gasteiger charge is -2.12. The van der Waals surface area contributed by atoms with E-state index >= 15 is 0 Å². The molecule has 4 rings (SSSR count). The maximum Gasteiger partial charge on any atom is 0.414 e. The molecule has 3 aromatic rings. The van der Waals surface area contributed by atoms with Crippen molar-refractivity contribution in [2.24, 2.45) is 0 Å². The van der Waals surface area contributed by atoms with E-state index in [-0.39, 0.29) is 5.91 Å². The molecule has 190 valence electrons. The highest BCUT2D eigenvalue weighted by Gasteiger charge is 2.31. The molecule has 1 fully saturated rings. The number of methoxy groups -OCH3 is 1. The average molecular weight is 493 g/mol. The topological polar surface area (TPSA) is 99.9 Å². The van der Waals surface area contributed by atoms with Gasteiger partial charge in [0.2, 0.25) is 5.89 Å². The van der Waals surface area contributed by atoms with Crippen molar-refractivity contribution in [1.82, 2.24) is 10.3 Å². The predicted octanol–water partition coefficient (Wildman–Crippen LogP) is 5.76. The fourth-order valence-electron chi connectivity index (χ4n) is 4.17. The van der Waals surface area contributed by atoms with Gasteiger partial charge in [-0.25, -0.2) is 9.78 Å². The number of aryl methyl sites for hydroxylation is 2. The number of imide groups is 1. The Bertz CT molecular complexity index is 1170. The molecule has 36 heavy (non-hydrogen) atoms. The van der Waals surface area contributed by atoms with E-state index in [2.05, 4.69) is 16.4 Å². The molecule has 1 saturated heterocycles. The summed E-state index contributed by atoms with van der Waals surface area (Å²) in [6.07, 6.45) is 5.36. The SMILES string of the molecule is COc1cc(CCCCCCCC2OC(=O)NC2=O)ccc1OCc1nc(-c2ccccc2)oc1C. The van der Waals surface area contributed by atoms with Crippen molar-refractivity contribution in [3.8, 4) is 23.0 Å². The summed E-state index contributed by atoms with van der Waals surface area (Å²) in [7, 11) is 1.64. The van der Waals surface area contributed by atoms with Gasteiger partial charge in [-0.05, 0) is 62.4 Å². The number of hydrogen-bond acceptors (Lipinski definition) is 7. The number of nitrogens with one attached hydrogen (secondary N) is 1. The third kappa shape index (κ3) is 6.65. The monoisotopic (exact) mass is 492 g/mol. The number of ether oxygens (including phenoxy) is 3. The molecule has 2 aromatic carbocycles. The Labute approximate surface area is 211 Å². The third-order valence-corrected chi connectivity index (χ3v) is 6.20. The van der Waals surface area contributed by atoms with Crippen LogP contribution in [-0.4, -0.2) is 30.2 Å². The third-order valence-electron chi connectivity index (χ3n) is 6.20. The van der Waals surface area contributed by atoms with Crippen molar-refractivity contribution in [2.75, 3.05) is 7.11 Å². The summed E-state index contributed by atoms with van der Waals surface area (Å²) in [4.78, 5) is 27.1. The molecular formula is C28H32N2O6. The molecule has 1 aliphatic heterocycles. The van der Waals surface area contributed by atoms with Gasteiger partial charge in [0.25, 0.3) is 5.91 Å². The molecule has 1 N–H and O–H groups in total. The van der Waals surface area contributed by atoms with Gasteiger partial charge in [-0.2, -0.15) is 0 Å². The Morgan fingerprint density at radius 3 is 2.50 bits per heavy atom. The summed E-state index contributed by atoms with van der Waals surface area (Å²) < 4.78 is 22.3. The fraction of sp³-hybridized carbons (Fsp3) is 0.393. The van der Waals surface area contributed by atoms with Crippen LogP contribution in [0.15, 0.2) is 52.9 Å².